The zero-order valence-electron chi connectivity index (χ0n) is 18.0. The highest BCUT2D eigenvalue weighted by Gasteiger charge is 2.20. The summed E-state index contributed by atoms with van der Waals surface area (Å²) in [4.78, 5) is 8.69. The lowest BCUT2D eigenvalue weighted by Crippen LogP contribution is -2.44. The van der Waals surface area contributed by atoms with Crippen molar-refractivity contribution in [1.82, 2.24) is 15.5 Å². The van der Waals surface area contributed by atoms with Crippen LogP contribution in [0.1, 0.15) is 28.8 Å². The molecule has 0 spiro atoms. The van der Waals surface area contributed by atoms with Gasteiger partial charge < -0.3 is 10.6 Å². The number of thiophene rings is 1. The molecule has 0 saturated carbocycles. The topological polar surface area (TPSA) is 73.8 Å². The van der Waals surface area contributed by atoms with Crippen molar-refractivity contribution in [2.24, 2.45) is 10.9 Å². The van der Waals surface area contributed by atoms with Crippen LogP contribution in [0.2, 0.25) is 0 Å². The first-order chi connectivity index (χ1) is 14.3. The number of nitrogens with one attached hydrogen (secondary N) is 2. The fraction of sp³-hybridized carbons (Fsp3) is 0.500. The molecule has 0 aliphatic carbocycles. The Morgan fingerprint density at radius 3 is 2.80 bits per heavy atom. The van der Waals surface area contributed by atoms with E-state index in [1.807, 2.05) is 30.4 Å². The SMILES string of the molecule is CN=C(NCc1ccc(S(C)(=O)=O)c(C)c1)NCC1CCCN(Cc2cccs2)C1. The maximum Gasteiger partial charge on any atom is 0.191 e. The third kappa shape index (κ3) is 6.55. The monoisotopic (exact) mass is 448 g/mol. The van der Waals surface area contributed by atoms with Crippen molar-refractivity contribution in [1.29, 1.82) is 0 Å². The number of benzene rings is 1. The fourth-order valence-corrected chi connectivity index (χ4v) is 5.67. The second-order valence-electron chi connectivity index (χ2n) is 8.00. The van der Waals surface area contributed by atoms with Gasteiger partial charge in [0.25, 0.3) is 0 Å². The molecule has 1 aliphatic heterocycles. The lowest BCUT2D eigenvalue weighted by Gasteiger charge is -2.32. The molecule has 0 amide bonds. The first kappa shape index (κ1) is 22.8. The Balaban J connectivity index is 1.47. The van der Waals surface area contributed by atoms with Gasteiger partial charge in [0, 0.05) is 44.4 Å². The number of sulfone groups is 1. The van der Waals surface area contributed by atoms with E-state index >= 15 is 0 Å². The smallest absolute Gasteiger partial charge is 0.191 e. The van der Waals surface area contributed by atoms with Crippen LogP contribution < -0.4 is 10.6 Å². The highest BCUT2D eigenvalue weighted by Crippen LogP contribution is 2.20. The Morgan fingerprint density at radius 2 is 2.13 bits per heavy atom. The second-order valence-corrected chi connectivity index (χ2v) is 11.0. The zero-order chi connectivity index (χ0) is 21.6. The average Bonchev–Trinajstić information content (AvgIpc) is 3.20. The van der Waals surface area contributed by atoms with Crippen molar-refractivity contribution >= 4 is 27.1 Å². The number of rotatable bonds is 7. The van der Waals surface area contributed by atoms with Gasteiger partial charge in [-0.05, 0) is 60.9 Å². The molecule has 0 radical (unpaired) electrons. The summed E-state index contributed by atoms with van der Waals surface area (Å²) in [5.74, 6) is 1.38. The average molecular weight is 449 g/mol. The molecule has 8 heteroatoms. The first-order valence-corrected chi connectivity index (χ1v) is 13.1. The minimum absolute atomic E-state index is 0.387. The summed E-state index contributed by atoms with van der Waals surface area (Å²) in [7, 11) is -1.41. The lowest BCUT2D eigenvalue weighted by atomic mass is 9.98. The van der Waals surface area contributed by atoms with Crippen molar-refractivity contribution in [3.05, 3.63) is 51.7 Å². The highest BCUT2D eigenvalue weighted by atomic mass is 32.2. The molecule has 164 valence electrons. The maximum atomic E-state index is 11.8. The summed E-state index contributed by atoms with van der Waals surface area (Å²) in [6.07, 6.45) is 3.71. The molecule has 1 saturated heterocycles. The van der Waals surface area contributed by atoms with Crippen LogP contribution in [0.5, 0.6) is 0 Å². The minimum atomic E-state index is -3.19. The van der Waals surface area contributed by atoms with E-state index in [0.717, 1.165) is 36.7 Å². The number of hydrogen-bond acceptors (Lipinski definition) is 5. The number of piperidine rings is 1. The molecule has 2 aromatic rings. The molecule has 0 bridgehead atoms. The molecule has 1 atom stereocenters. The number of likely N-dealkylation sites (tertiary alicyclic amines) is 1. The van der Waals surface area contributed by atoms with E-state index in [4.69, 9.17) is 0 Å². The van der Waals surface area contributed by atoms with E-state index in [0.29, 0.717) is 17.4 Å². The quantitative estimate of drug-likeness (QED) is 0.503. The van der Waals surface area contributed by atoms with Gasteiger partial charge in [0.1, 0.15) is 0 Å². The summed E-state index contributed by atoms with van der Waals surface area (Å²) in [5, 5.41) is 8.94. The standard InChI is InChI=1S/C22H32N4O2S2/c1-17-12-18(8-9-21(17)30(3,27)28)13-24-22(23-2)25-14-19-6-4-10-26(15-19)16-20-7-5-11-29-20/h5,7-9,11-12,19H,4,6,10,13-16H2,1-3H3,(H2,23,24,25). The molecule has 2 heterocycles. The van der Waals surface area contributed by atoms with Gasteiger partial charge in [0.05, 0.1) is 4.90 Å². The highest BCUT2D eigenvalue weighted by molar-refractivity contribution is 7.90. The van der Waals surface area contributed by atoms with Crippen LogP contribution >= 0.6 is 11.3 Å². The molecule has 2 N–H and O–H groups in total. The molecule has 3 rings (SSSR count). The van der Waals surface area contributed by atoms with Gasteiger partial charge >= 0.3 is 0 Å². The third-order valence-electron chi connectivity index (χ3n) is 5.44. The van der Waals surface area contributed by atoms with Crippen LogP contribution in [0.4, 0.5) is 0 Å². The van der Waals surface area contributed by atoms with E-state index in [1.165, 1.54) is 30.5 Å². The molecule has 1 unspecified atom stereocenters. The molecule has 1 aliphatic rings. The van der Waals surface area contributed by atoms with E-state index in [1.54, 1.807) is 13.1 Å². The summed E-state index contributed by atoms with van der Waals surface area (Å²) in [6.45, 7) is 6.65. The zero-order valence-corrected chi connectivity index (χ0v) is 19.7. The van der Waals surface area contributed by atoms with Crippen LogP contribution in [0.25, 0.3) is 0 Å². The first-order valence-electron chi connectivity index (χ1n) is 10.3. The van der Waals surface area contributed by atoms with Gasteiger partial charge in [-0.15, -0.1) is 11.3 Å². The van der Waals surface area contributed by atoms with Gasteiger partial charge in [-0.3, -0.25) is 9.89 Å². The normalized spacial score (nSPS) is 18.4. The number of hydrogen-bond donors (Lipinski definition) is 2. The molecular formula is C22H32N4O2S2. The third-order valence-corrected chi connectivity index (χ3v) is 7.56. The molecule has 1 aromatic heterocycles. The van der Waals surface area contributed by atoms with Crippen LogP contribution in [0, 0.1) is 12.8 Å². The second kappa shape index (κ2) is 10.4. The van der Waals surface area contributed by atoms with E-state index in [2.05, 4.69) is 38.0 Å². The largest absolute Gasteiger partial charge is 0.356 e. The summed E-state index contributed by atoms with van der Waals surface area (Å²) in [5.41, 5.74) is 1.80. The Kier molecular flexibility index (Phi) is 7.91. The van der Waals surface area contributed by atoms with Crippen LogP contribution in [-0.2, 0) is 22.9 Å². The van der Waals surface area contributed by atoms with Crippen molar-refractivity contribution in [2.75, 3.05) is 32.9 Å². The maximum absolute atomic E-state index is 11.8. The van der Waals surface area contributed by atoms with Gasteiger partial charge in [0.2, 0.25) is 0 Å². The molecule has 1 aromatic carbocycles. The Hall–Kier alpha value is -1.90. The Morgan fingerprint density at radius 1 is 1.30 bits per heavy atom. The van der Waals surface area contributed by atoms with Crippen molar-refractivity contribution < 1.29 is 8.42 Å². The van der Waals surface area contributed by atoms with Gasteiger partial charge in [-0.1, -0.05) is 18.2 Å². The Labute approximate surface area is 184 Å². The molecule has 1 fully saturated rings. The van der Waals surface area contributed by atoms with Crippen molar-refractivity contribution in [2.45, 2.75) is 37.8 Å². The lowest BCUT2D eigenvalue weighted by molar-refractivity contribution is 0.169. The number of nitrogens with zero attached hydrogens (tertiary/aromatic N) is 2. The van der Waals surface area contributed by atoms with Crippen LogP contribution in [0.15, 0.2) is 45.6 Å². The fourth-order valence-electron chi connectivity index (χ4n) is 3.97. The van der Waals surface area contributed by atoms with E-state index < -0.39 is 9.84 Å². The molecule has 6 nitrogen and oxygen atoms in total. The van der Waals surface area contributed by atoms with Crippen molar-refractivity contribution in [3.63, 3.8) is 0 Å². The number of guanidine groups is 1. The van der Waals surface area contributed by atoms with Crippen LogP contribution in [0.3, 0.4) is 0 Å². The van der Waals surface area contributed by atoms with Crippen LogP contribution in [-0.4, -0.2) is 52.2 Å². The van der Waals surface area contributed by atoms with Crippen molar-refractivity contribution in [3.8, 4) is 0 Å². The predicted molar refractivity (Wildman–Crippen MR) is 125 cm³/mol. The minimum Gasteiger partial charge on any atom is -0.356 e. The molecule has 30 heavy (non-hydrogen) atoms. The van der Waals surface area contributed by atoms with E-state index in [-0.39, 0.29) is 0 Å². The van der Waals surface area contributed by atoms with E-state index in [9.17, 15) is 8.42 Å². The number of aryl methyl sites for hydroxylation is 1. The summed E-state index contributed by atoms with van der Waals surface area (Å²) in [6, 6.07) is 9.78. The molecular weight excluding hydrogens is 416 g/mol. The summed E-state index contributed by atoms with van der Waals surface area (Å²) < 4.78 is 23.6. The number of aliphatic imine (C=N–C) groups is 1. The Bertz CT molecular complexity index is 956. The van der Waals surface area contributed by atoms with Gasteiger partial charge in [-0.2, -0.15) is 0 Å². The van der Waals surface area contributed by atoms with Gasteiger partial charge in [-0.25, -0.2) is 8.42 Å². The predicted octanol–water partition coefficient (Wildman–Crippen LogP) is 3.04. The summed E-state index contributed by atoms with van der Waals surface area (Å²) >= 11 is 1.83. The van der Waals surface area contributed by atoms with Gasteiger partial charge in [0.15, 0.2) is 15.8 Å².